The van der Waals surface area contributed by atoms with Crippen LogP contribution in [0.1, 0.15) is 24.9 Å². The number of nitrogens with zero attached hydrogens (tertiary/aromatic N) is 2. The van der Waals surface area contributed by atoms with Crippen molar-refractivity contribution in [3.8, 4) is 0 Å². The van der Waals surface area contributed by atoms with E-state index < -0.39 is 6.04 Å². The Labute approximate surface area is 116 Å². The molecule has 0 aliphatic heterocycles. The minimum atomic E-state index is -0.555. The molecule has 0 aromatic heterocycles. The third-order valence-corrected chi connectivity index (χ3v) is 3.15. The van der Waals surface area contributed by atoms with Gasteiger partial charge in [-0.2, -0.15) is 0 Å². The molecule has 1 amide bonds. The number of carbonyl (C=O) groups excluding carboxylic acids is 1. The van der Waals surface area contributed by atoms with E-state index in [2.05, 4.69) is 4.90 Å². The van der Waals surface area contributed by atoms with Crippen LogP contribution >= 0.6 is 0 Å². The van der Waals surface area contributed by atoms with Crippen LogP contribution in [0.3, 0.4) is 0 Å². The van der Waals surface area contributed by atoms with E-state index in [9.17, 15) is 4.79 Å². The lowest BCUT2D eigenvalue weighted by Crippen LogP contribution is -2.39. The lowest BCUT2D eigenvalue weighted by atomic mass is 10.1. The van der Waals surface area contributed by atoms with Gasteiger partial charge in [0.15, 0.2) is 0 Å². The number of amides is 1. The molecule has 1 aromatic rings. The van der Waals surface area contributed by atoms with Gasteiger partial charge in [0, 0.05) is 13.1 Å². The highest BCUT2D eigenvalue weighted by Crippen LogP contribution is 2.13. The summed E-state index contributed by atoms with van der Waals surface area (Å²) in [4.78, 5) is 16.3. The van der Waals surface area contributed by atoms with Gasteiger partial charge >= 0.3 is 0 Å². The molecule has 0 unspecified atom stereocenters. The standard InChI is InChI=1S/C15H25N3O/c1-4-18(12-8-11-17(2)3)15(19)14(16)13-9-6-5-7-10-13/h5-7,9-10,14H,4,8,11-12,16H2,1-3H3/t14-/m1/s1. The first-order chi connectivity index (χ1) is 9.06. The van der Waals surface area contributed by atoms with Crippen LogP contribution in [0.25, 0.3) is 0 Å². The molecule has 0 bridgehead atoms. The van der Waals surface area contributed by atoms with Crippen LogP contribution in [-0.4, -0.2) is 49.4 Å². The molecule has 0 heterocycles. The van der Waals surface area contributed by atoms with E-state index in [-0.39, 0.29) is 5.91 Å². The molecule has 2 N–H and O–H groups in total. The average Bonchev–Trinajstić information content (AvgIpc) is 2.43. The fourth-order valence-electron chi connectivity index (χ4n) is 2.00. The summed E-state index contributed by atoms with van der Waals surface area (Å²) in [5.74, 6) is 0.00690. The molecule has 0 spiro atoms. The van der Waals surface area contributed by atoms with Gasteiger partial charge < -0.3 is 15.5 Å². The molecule has 106 valence electrons. The Morgan fingerprint density at radius 3 is 2.37 bits per heavy atom. The van der Waals surface area contributed by atoms with Gasteiger partial charge in [0.25, 0.3) is 0 Å². The van der Waals surface area contributed by atoms with E-state index in [0.717, 1.165) is 25.1 Å². The monoisotopic (exact) mass is 263 g/mol. The fraction of sp³-hybridized carbons (Fsp3) is 0.533. The van der Waals surface area contributed by atoms with Gasteiger partial charge in [0.1, 0.15) is 6.04 Å². The number of benzene rings is 1. The van der Waals surface area contributed by atoms with E-state index in [4.69, 9.17) is 5.73 Å². The summed E-state index contributed by atoms with van der Waals surface area (Å²) in [7, 11) is 4.07. The van der Waals surface area contributed by atoms with Crippen LogP contribution in [0.5, 0.6) is 0 Å². The van der Waals surface area contributed by atoms with Crippen LogP contribution in [0.15, 0.2) is 30.3 Å². The van der Waals surface area contributed by atoms with E-state index in [1.54, 1.807) is 0 Å². The second-order valence-corrected chi connectivity index (χ2v) is 4.96. The number of hydrogen-bond acceptors (Lipinski definition) is 3. The van der Waals surface area contributed by atoms with Crippen molar-refractivity contribution in [2.24, 2.45) is 5.73 Å². The van der Waals surface area contributed by atoms with Gasteiger partial charge in [-0.25, -0.2) is 0 Å². The molecule has 0 radical (unpaired) electrons. The molecule has 0 saturated carbocycles. The molecule has 1 atom stereocenters. The largest absolute Gasteiger partial charge is 0.341 e. The highest BCUT2D eigenvalue weighted by atomic mass is 16.2. The number of nitrogens with two attached hydrogens (primary N) is 1. The number of likely N-dealkylation sites (N-methyl/N-ethyl adjacent to an activating group) is 1. The second-order valence-electron chi connectivity index (χ2n) is 4.96. The van der Waals surface area contributed by atoms with E-state index >= 15 is 0 Å². The van der Waals surface area contributed by atoms with Gasteiger partial charge in [-0.15, -0.1) is 0 Å². The molecule has 0 aliphatic carbocycles. The summed E-state index contributed by atoms with van der Waals surface area (Å²) in [5, 5.41) is 0. The second kappa shape index (κ2) is 7.92. The topological polar surface area (TPSA) is 49.6 Å². The van der Waals surface area contributed by atoms with E-state index in [1.807, 2.05) is 56.3 Å². The van der Waals surface area contributed by atoms with Crippen molar-refractivity contribution >= 4 is 5.91 Å². The maximum Gasteiger partial charge on any atom is 0.244 e. The van der Waals surface area contributed by atoms with Gasteiger partial charge in [-0.1, -0.05) is 30.3 Å². The molecular formula is C15H25N3O. The minimum absolute atomic E-state index is 0.00690. The Balaban J connectivity index is 2.58. The van der Waals surface area contributed by atoms with Crippen LogP contribution in [0.4, 0.5) is 0 Å². The molecular weight excluding hydrogens is 238 g/mol. The van der Waals surface area contributed by atoms with Crippen LogP contribution < -0.4 is 5.73 Å². The Bertz CT molecular complexity index is 378. The fourth-order valence-corrected chi connectivity index (χ4v) is 2.00. The predicted octanol–water partition coefficient (Wildman–Crippen LogP) is 1.49. The molecule has 19 heavy (non-hydrogen) atoms. The summed E-state index contributed by atoms with van der Waals surface area (Å²) in [6, 6.07) is 8.98. The summed E-state index contributed by atoms with van der Waals surface area (Å²) in [5.41, 5.74) is 6.92. The zero-order valence-corrected chi connectivity index (χ0v) is 12.2. The predicted molar refractivity (Wildman–Crippen MR) is 78.8 cm³/mol. The lowest BCUT2D eigenvalue weighted by Gasteiger charge is -2.25. The zero-order valence-electron chi connectivity index (χ0n) is 12.2. The quantitative estimate of drug-likeness (QED) is 0.811. The van der Waals surface area contributed by atoms with Crippen LogP contribution in [0, 0.1) is 0 Å². The Morgan fingerprint density at radius 1 is 1.21 bits per heavy atom. The Morgan fingerprint density at radius 2 is 1.84 bits per heavy atom. The first-order valence-electron chi connectivity index (χ1n) is 6.80. The zero-order chi connectivity index (χ0) is 14.3. The van der Waals surface area contributed by atoms with E-state index in [0.29, 0.717) is 6.54 Å². The van der Waals surface area contributed by atoms with Crippen LogP contribution in [0.2, 0.25) is 0 Å². The van der Waals surface area contributed by atoms with Gasteiger partial charge in [-0.05, 0) is 39.5 Å². The molecule has 0 saturated heterocycles. The molecule has 0 fully saturated rings. The molecule has 0 aliphatic rings. The Kier molecular flexibility index (Phi) is 6.53. The van der Waals surface area contributed by atoms with Crippen molar-refractivity contribution in [3.63, 3.8) is 0 Å². The molecule has 1 aromatic carbocycles. The van der Waals surface area contributed by atoms with Crippen molar-refractivity contribution in [1.82, 2.24) is 9.80 Å². The first kappa shape index (κ1) is 15.7. The SMILES string of the molecule is CCN(CCCN(C)C)C(=O)[C@H](N)c1ccccc1. The summed E-state index contributed by atoms with van der Waals surface area (Å²) < 4.78 is 0. The minimum Gasteiger partial charge on any atom is -0.341 e. The molecule has 1 rings (SSSR count). The summed E-state index contributed by atoms with van der Waals surface area (Å²) in [6.07, 6.45) is 0.966. The third-order valence-electron chi connectivity index (χ3n) is 3.15. The highest BCUT2D eigenvalue weighted by Gasteiger charge is 2.20. The lowest BCUT2D eigenvalue weighted by molar-refractivity contribution is -0.132. The van der Waals surface area contributed by atoms with Gasteiger partial charge in [0.05, 0.1) is 0 Å². The average molecular weight is 263 g/mol. The summed E-state index contributed by atoms with van der Waals surface area (Å²) in [6.45, 7) is 4.43. The van der Waals surface area contributed by atoms with Crippen molar-refractivity contribution in [3.05, 3.63) is 35.9 Å². The first-order valence-corrected chi connectivity index (χ1v) is 6.80. The summed E-state index contributed by atoms with van der Waals surface area (Å²) >= 11 is 0. The number of rotatable bonds is 7. The number of hydrogen-bond donors (Lipinski definition) is 1. The van der Waals surface area contributed by atoms with Crippen molar-refractivity contribution in [2.75, 3.05) is 33.7 Å². The maximum absolute atomic E-state index is 12.3. The maximum atomic E-state index is 12.3. The van der Waals surface area contributed by atoms with Gasteiger partial charge in [0.2, 0.25) is 5.91 Å². The van der Waals surface area contributed by atoms with Gasteiger partial charge in [-0.3, -0.25) is 4.79 Å². The van der Waals surface area contributed by atoms with Crippen molar-refractivity contribution < 1.29 is 4.79 Å². The third kappa shape index (κ3) is 5.01. The smallest absolute Gasteiger partial charge is 0.244 e. The van der Waals surface area contributed by atoms with Crippen molar-refractivity contribution in [2.45, 2.75) is 19.4 Å². The van der Waals surface area contributed by atoms with Crippen LogP contribution in [-0.2, 0) is 4.79 Å². The van der Waals surface area contributed by atoms with Crippen molar-refractivity contribution in [1.29, 1.82) is 0 Å². The number of carbonyl (C=O) groups is 1. The highest BCUT2D eigenvalue weighted by molar-refractivity contribution is 5.83. The van der Waals surface area contributed by atoms with E-state index in [1.165, 1.54) is 0 Å². The normalized spacial score (nSPS) is 12.5. The molecule has 4 heteroatoms. The molecule has 4 nitrogen and oxygen atoms in total. The Hall–Kier alpha value is -1.39.